The lowest BCUT2D eigenvalue weighted by Gasteiger charge is -2.31. The van der Waals surface area contributed by atoms with Gasteiger partial charge in [0, 0.05) is 31.1 Å². The summed E-state index contributed by atoms with van der Waals surface area (Å²) in [6, 6.07) is 8.95. The molecule has 2 aromatic rings. The normalized spacial score (nSPS) is 18.3. The third kappa shape index (κ3) is 4.85. The molecule has 0 spiro atoms. The number of benzene rings is 1. The molecular weight excluding hydrogens is 422 g/mol. The Morgan fingerprint density at radius 1 is 1.07 bits per heavy atom. The third-order valence-electron chi connectivity index (χ3n) is 5.46. The van der Waals surface area contributed by atoms with Crippen LogP contribution in [-0.4, -0.2) is 58.0 Å². The van der Waals surface area contributed by atoms with E-state index in [-0.39, 0.29) is 17.2 Å². The Balaban J connectivity index is 1.62. The number of carbonyl (C=O) groups excluding carboxylic acids is 1. The van der Waals surface area contributed by atoms with Crippen LogP contribution in [0.1, 0.15) is 24.1 Å². The molecule has 0 bridgehead atoms. The minimum Gasteiger partial charge on any atom is -0.379 e. The van der Waals surface area contributed by atoms with Gasteiger partial charge in [-0.25, -0.2) is 8.42 Å². The number of sulfonamides is 1. The second-order valence-electron chi connectivity index (χ2n) is 7.55. The van der Waals surface area contributed by atoms with Crippen molar-refractivity contribution in [3.8, 4) is 0 Å². The van der Waals surface area contributed by atoms with E-state index in [1.807, 2.05) is 23.6 Å². The molecule has 1 aromatic heterocycles. The number of amides is 1. The van der Waals surface area contributed by atoms with Crippen LogP contribution < -0.4 is 10.2 Å². The van der Waals surface area contributed by atoms with Gasteiger partial charge in [0.1, 0.15) is 0 Å². The van der Waals surface area contributed by atoms with Gasteiger partial charge >= 0.3 is 0 Å². The molecule has 1 N–H and O–H groups in total. The SMILES string of the molecule is O=C(Cc1cccs1)Nc1cc(S(=O)(=O)N2CCOCC2)ccc1N1CCCCC1. The van der Waals surface area contributed by atoms with Crippen LogP contribution in [0.4, 0.5) is 11.4 Å². The molecule has 4 rings (SSSR count). The number of nitrogens with zero attached hydrogens (tertiary/aromatic N) is 2. The average Bonchev–Trinajstić information content (AvgIpc) is 3.28. The summed E-state index contributed by atoms with van der Waals surface area (Å²) < 4.78 is 33.0. The Morgan fingerprint density at radius 3 is 2.53 bits per heavy atom. The lowest BCUT2D eigenvalue weighted by molar-refractivity contribution is -0.115. The Kier molecular flexibility index (Phi) is 6.72. The molecule has 162 valence electrons. The fourth-order valence-corrected chi connectivity index (χ4v) is 6.03. The Bertz CT molecular complexity index is 964. The van der Waals surface area contributed by atoms with Gasteiger partial charge in [-0.1, -0.05) is 6.07 Å². The number of morpholine rings is 1. The van der Waals surface area contributed by atoms with Crippen molar-refractivity contribution in [3.05, 3.63) is 40.6 Å². The number of carbonyl (C=O) groups is 1. The van der Waals surface area contributed by atoms with Gasteiger partial charge in [0.25, 0.3) is 0 Å². The van der Waals surface area contributed by atoms with Gasteiger partial charge < -0.3 is 15.0 Å². The molecule has 3 heterocycles. The zero-order chi connectivity index (χ0) is 21.0. The van der Waals surface area contributed by atoms with Crippen molar-refractivity contribution in [2.75, 3.05) is 49.6 Å². The van der Waals surface area contributed by atoms with Crippen molar-refractivity contribution in [3.63, 3.8) is 0 Å². The van der Waals surface area contributed by atoms with Gasteiger partial charge in [-0.2, -0.15) is 4.31 Å². The second kappa shape index (κ2) is 9.47. The maximum atomic E-state index is 13.1. The van der Waals surface area contributed by atoms with E-state index < -0.39 is 10.0 Å². The average molecular weight is 450 g/mol. The van der Waals surface area contributed by atoms with Crippen LogP contribution in [0.3, 0.4) is 0 Å². The van der Waals surface area contributed by atoms with E-state index in [1.165, 1.54) is 22.1 Å². The lowest BCUT2D eigenvalue weighted by atomic mass is 10.1. The molecule has 1 aromatic carbocycles. The van der Waals surface area contributed by atoms with Crippen molar-refractivity contribution in [1.82, 2.24) is 4.31 Å². The monoisotopic (exact) mass is 449 g/mol. The van der Waals surface area contributed by atoms with E-state index >= 15 is 0 Å². The van der Waals surface area contributed by atoms with Crippen LogP contribution in [0, 0.1) is 0 Å². The van der Waals surface area contributed by atoms with E-state index in [1.54, 1.807) is 12.1 Å². The van der Waals surface area contributed by atoms with E-state index in [0.717, 1.165) is 36.5 Å². The number of ether oxygens (including phenoxy) is 1. The van der Waals surface area contributed by atoms with Crippen molar-refractivity contribution >= 4 is 38.6 Å². The topological polar surface area (TPSA) is 79.0 Å². The van der Waals surface area contributed by atoms with Crippen LogP contribution >= 0.6 is 11.3 Å². The number of piperidine rings is 1. The van der Waals surface area contributed by atoms with Gasteiger partial charge in [-0.3, -0.25) is 4.79 Å². The summed E-state index contributed by atoms with van der Waals surface area (Å²) in [4.78, 5) is 16.1. The first-order valence-corrected chi connectivity index (χ1v) is 12.7. The third-order valence-corrected chi connectivity index (χ3v) is 8.23. The molecule has 2 saturated heterocycles. The number of hydrogen-bond acceptors (Lipinski definition) is 6. The van der Waals surface area contributed by atoms with E-state index in [0.29, 0.717) is 32.0 Å². The van der Waals surface area contributed by atoms with Gasteiger partial charge in [0.15, 0.2) is 0 Å². The van der Waals surface area contributed by atoms with Crippen LogP contribution in [-0.2, 0) is 26.0 Å². The van der Waals surface area contributed by atoms with Crippen LogP contribution in [0.2, 0.25) is 0 Å². The van der Waals surface area contributed by atoms with Gasteiger partial charge in [0.05, 0.1) is 35.9 Å². The number of nitrogens with one attached hydrogen (secondary N) is 1. The van der Waals surface area contributed by atoms with E-state index in [4.69, 9.17) is 4.74 Å². The molecule has 2 aliphatic heterocycles. The van der Waals surface area contributed by atoms with Gasteiger partial charge in [-0.05, 0) is 48.9 Å². The summed E-state index contributed by atoms with van der Waals surface area (Å²) in [5.74, 6) is -0.142. The minimum absolute atomic E-state index is 0.142. The molecule has 2 aliphatic rings. The highest BCUT2D eigenvalue weighted by atomic mass is 32.2. The standard InChI is InChI=1S/C21H27N3O4S2/c25-21(15-17-5-4-14-29-17)22-19-16-18(30(26,27)24-10-12-28-13-11-24)6-7-20(19)23-8-2-1-3-9-23/h4-7,14,16H,1-3,8-13,15H2,(H,22,25). The maximum Gasteiger partial charge on any atom is 0.243 e. The molecule has 9 heteroatoms. The molecule has 0 atom stereocenters. The quantitative estimate of drug-likeness (QED) is 0.734. The highest BCUT2D eigenvalue weighted by Gasteiger charge is 2.28. The lowest BCUT2D eigenvalue weighted by Crippen LogP contribution is -2.40. The van der Waals surface area contributed by atoms with Crippen LogP contribution in [0.25, 0.3) is 0 Å². The number of thiophene rings is 1. The highest BCUT2D eigenvalue weighted by molar-refractivity contribution is 7.89. The zero-order valence-electron chi connectivity index (χ0n) is 16.9. The maximum absolute atomic E-state index is 13.1. The Morgan fingerprint density at radius 2 is 1.83 bits per heavy atom. The molecule has 0 saturated carbocycles. The number of anilines is 2. The van der Waals surface area contributed by atoms with Crippen molar-refractivity contribution in [2.24, 2.45) is 0 Å². The fraction of sp³-hybridized carbons (Fsp3) is 0.476. The first-order chi connectivity index (χ1) is 14.5. The Hall–Kier alpha value is -1.94. The molecule has 2 fully saturated rings. The Labute approximate surface area is 181 Å². The van der Waals surface area contributed by atoms with Gasteiger partial charge in [0.2, 0.25) is 15.9 Å². The summed E-state index contributed by atoms with van der Waals surface area (Å²) in [7, 11) is -3.63. The van der Waals surface area contributed by atoms with E-state index in [9.17, 15) is 13.2 Å². The minimum atomic E-state index is -3.63. The fourth-order valence-electron chi connectivity index (χ4n) is 3.89. The number of hydrogen-bond donors (Lipinski definition) is 1. The highest BCUT2D eigenvalue weighted by Crippen LogP contribution is 2.32. The van der Waals surface area contributed by atoms with Gasteiger partial charge in [-0.15, -0.1) is 11.3 Å². The molecule has 0 radical (unpaired) electrons. The molecular formula is C21H27N3O4S2. The van der Waals surface area contributed by atoms with Crippen LogP contribution in [0.15, 0.2) is 40.6 Å². The predicted molar refractivity (Wildman–Crippen MR) is 119 cm³/mol. The van der Waals surface area contributed by atoms with Crippen molar-refractivity contribution in [2.45, 2.75) is 30.6 Å². The summed E-state index contributed by atoms with van der Waals surface area (Å²) >= 11 is 1.53. The molecule has 0 aliphatic carbocycles. The second-order valence-corrected chi connectivity index (χ2v) is 10.5. The first kappa shape index (κ1) is 21.3. The zero-order valence-corrected chi connectivity index (χ0v) is 18.5. The predicted octanol–water partition coefficient (Wildman–Crippen LogP) is 2.94. The summed E-state index contributed by atoms with van der Waals surface area (Å²) in [5, 5.41) is 4.92. The molecule has 1 amide bonds. The smallest absolute Gasteiger partial charge is 0.243 e. The number of rotatable bonds is 6. The van der Waals surface area contributed by atoms with E-state index in [2.05, 4.69) is 10.2 Å². The largest absolute Gasteiger partial charge is 0.379 e. The first-order valence-electron chi connectivity index (χ1n) is 10.3. The summed E-state index contributed by atoms with van der Waals surface area (Å²) in [6.45, 7) is 3.30. The summed E-state index contributed by atoms with van der Waals surface area (Å²) in [5.41, 5.74) is 1.45. The van der Waals surface area contributed by atoms with Crippen molar-refractivity contribution in [1.29, 1.82) is 0 Å². The molecule has 30 heavy (non-hydrogen) atoms. The summed E-state index contributed by atoms with van der Waals surface area (Å²) in [6.07, 6.45) is 3.66. The van der Waals surface area contributed by atoms with Crippen molar-refractivity contribution < 1.29 is 17.9 Å². The molecule has 7 nitrogen and oxygen atoms in total. The van der Waals surface area contributed by atoms with Crippen LogP contribution in [0.5, 0.6) is 0 Å². The molecule has 0 unspecified atom stereocenters.